The maximum absolute atomic E-state index is 10.6. The molecule has 1 saturated carbocycles. The molecule has 1 N–H and O–H groups in total. The Balaban J connectivity index is 2.62. The van der Waals surface area contributed by atoms with Crippen molar-refractivity contribution in [1.82, 2.24) is 5.73 Å². The molecule has 1 fully saturated rings. The van der Waals surface area contributed by atoms with Crippen molar-refractivity contribution in [2.45, 2.75) is 26.7 Å². The molecule has 1 amide bonds. The van der Waals surface area contributed by atoms with Gasteiger partial charge < -0.3 is 0 Å². The van der Waals surface area contributed by atoms with E-state index in [4.69, 9.17) is 5.73 Å². The monoisotopic (exact) mass is 126 g/mol. The highest BCUT2D eigenvalue weighted by molar-refractivity contribution is 5.83. The number of amides is 1. The Kier molecular flexibility index (Phi) is 1.26. The van der Waals surface area contributed by atoms with Crippen LogP contribution in [-0.4, -0.2) is 5.91 Å². The van der Waals surface area contributed by atoms with Crippen molar-refractivity contribution in [3.05, 3.63) is 0 Å². The van der Waals surface area contributed by atoms with Crippen LogP contribution < -0.4 is 5.73 Å². The number of hydrogen-bond acceptors (Lipinski definition) is 1. The third-order valence-electron chi connectivity index (χ3n) is 2.54. The van der Waals surface area contributed by atoms with Gasteiger partial charge in [-0.2, -0.15) is 0 Å². The molecule has 0 bridgehead atoms. The third-order valence-corrected chi connectivity index (χ3v) is 2.54. The normalized spacial score (nSPS) is 40.4. The number of rotatable bonds is 2. The van der Waals surface area contributed by atoms with Gasteiger partial charge >= 0.3 is 0 Å². The summed E-state index contributed by atoms with van der Waals surface area (Å²) < 4.78 is 0. The molecule has 2 unspecified atom stereocenters. The standard InChI is InChI=1S/C7H12NO/c1-3-7(6(8)9)4-5(7)2/h5,8H,3-4H2,1-2H3. The zero-order valence-corrected chi connectivity index (χ0v) is 5.90. The van der Waals surface area contributed by atoms with Crippen molar-refractivity contribution < 1.29 is 4.79 Å². The molecular formula is C7H12NO. The first-order chi connectivity index (χ1) is 4.13. The van der Waals surface area contributed by atoms with Gasteiger partial charge in [-0.3, -0.25) is 10.5 Å². The molecule has 0 aromatic carbocycles. The van der Waals surface area contributed by atoms with Crippen LogP contribution in [0.3, 0.4) is 0 Å². The second-order valence-corrected chi connectivity index (χ2v) is 2.94. The molecule has 2 nitrogen and oxygen atoms in total. The SMILES string of the molecule is CCC1(C([NH])=O)CC1C. The van der Waals surface area contributed by atoms with Gasteiger partial charge in [0.15, 0.2) is 0 Å². The summed E-state index contributed by atoms with van der Waals surface area (Å²) in [6.45, 7) is 4.02. The predicted molar refractivity (Wildman–Crippen MR) is 34.6 cm³/mol. The van der Waals surface area contributed by atoms with E-state index in [1.165, 1.54) is 0 Å². The molecule has 0 aliphatic heterocycles. The van der Waals surface area contributed by atoms with Gasteiger partial charge in [-0.25, -0.2) is 0 Å². The van der Waals surface area contributed by atoms with Gasteiger partial charge in [0.1, 0.15) is 0 Å². The molecule has 1 aliphatic rings. The van der Waals surface area contributed by atoms with Crippen molar-refractivity contribution in [2.24, 2.45) is 11.3 Å². The second kappa shape index (κ2) is 1.72. The van der Waals surface area contributed by atoms with Gasteiger partial charge in [0.05, 0.1) is 5.41 Å². The first-order valence-corrected chi connectivity index (χ1v) is 3.39. The van der Waals surface area contributed by atoms with E-state index in [2.05, 4.69) is 0 Å². The Morgan fingerprint density at radius 3 is 2.33 bits per heavy atom. The van der Waals surface area contributed by atoms with Crippen LogP contribution in [0.25, 0.3) is 0 Å². The molecule has 9 heavy (non-hydrogen) atoms. The smallest absolute Gasteiger partial charge is 0.244 e. The average molecular weight is 126 g/mol. The van der Waals surface area contributed by atoms with E-state index in [9.17, 15) is 4.79 Å². The summed E-state index contributed by atoms with van der Waals surface area (Å²) in [6.07, 6.45) is 1.78. The summed E-state index contributed by atoms with van der Waals surface area (Å²) >= 11 is 0. The fourth-order valence-electron chi connectivity index (χ4n) is 1.46. The van der Waals surface area contributed by atoms with E-state index < -0.39 is 0 Å². The highest BCUT2D eigenvalue weighted by Crippen LogP contribution is 2.54. The lowest BCUT2D eigenvalue weighted by atomic mass is 10.0. The highest BCUT2D eigenvalue weighted by atomic mass is 16.1. The number of hydrogen-bond donors (Lipinski definition) is 0. The van der Waals surface area contributed by atoms with Crippen LogP contribution in [0.2, 0.25) is 0 Å². The Bertz CT molecular complexity index is 140. The molecule has 1 aliphatic carbocycles. The van der Waals surface area contributed by atoms with E-state index in [-0.39, 0.29) is 11.3 Å². The lowest BCUT2D eigenvalue weighted by molar-refractivity contribution is -0.124. The number of nitrogens with one attached hydrogen (secondary N) is 1. The van der Waals surface area contributed by atoms with Crippen molar-refractivity contribution in [1.29, 1.82) is 0 Å². The molecule has 0 spiro atoms. The molecule has 0 heterocycles. The summed E-state index contributed by atoms with van der Waals surface area (Å²) in [4.78, 5) is 10.6. The fraction of sp³-hybridized carbons (Fsp3) is 0.857. The quantitative estimate of drug-likeness (QED) is 0.548. The summed E-state index contributed by atoms with van der Waals surface area (Å²) in [5, 5.41) is 0. The molecule has 1 radical (unpaired) electrons. The lowest BCUT2D eigenvalue weighted by Crippen LogP contribution is -2.17. The minimum absolute atomic E-state index is 0.222. The van der Waals surface area contributed by atoms with E-state index in [0.717, 1.165) is 12.8 Å². The molecule has 0 saturated heterocycles. The summed E-state index contributed by atoms with van der Waals surface area (Å²) in [7, 11) is 0. The topological polar surface area (TPSA) is 40.9 Å². The second-order valence-electron chi connectivity index (χ2n) is 2.94. The van der Waals surface area contributed by atoms with Crippen LogP contribution >= 0.6 is 0 Å². The summed E-state index contributed by atoms with van der Waals surface area (Å²) in [5.41, 5.74) is 6.71. The van der Waals surface area contributed by atoms with Gasteiger partial charge in [-0.15, -0.1) is 0 Å². The largest absolute Gasteiger partial charge is 0.273 e. The molecule has 2 atom stereocenters. The van der Waals surface area contributed by atoms with Crippen LogP contribution in [0.15, 0.2) is 0 Å². The maximum Gasteiger partial charge on any atom is 0.244 e. The zero-order chi connectivity index (χ0) is 7.07. The number of carbonyl (C=O) groups is 1. The van der Waals surface area contributed by atoms with Gasteiger partial charge in [-0.1, -0.05) is 13.8 Å². The minimum Gasteiger partial charge on any atom is -0.273 e. The van der Waals surface area contributed by atoms with Gasteiger partial charge in [0.25, 0.3) is 0 Å². The lowest BCUT2D eigenvalue weighted by Gasteiger charge is -2.05. The Hall–Kier alpha value is -0.530. The van der Waals surface area contributed by atoms with Crippen LogP contribution in [0.1, 0.15) is 26.7 Å². The zero-order valence-electron chi connectivity index (χ0n) is 5.90. The van der Waals surface area contributed by atoms with Crippen LogP contribution in [0.5, 0.6) is 0 Å². The van der Waals surface area contributed by atoms with Gasteiger partial charge in [-0.05, 0) is 18.8 Å². The average Bonchev–Trinajstić information content (AvgIpc) is 2.43. The molecule has 1 rings (SSSR count). The van der Waals surface area contributed by atoms with Crippen LogP contribution in [-0.2, 0) is 4.79 Å². The fourth-order valence-corrected chi connectivity index (χ4v) is 1.46. The van der Waals surface area contributed by atoms with E-state index in [1.54, 1.807) is 0 Å². The summed E-state index contributed by atoms with van der Waals surface area (Å²) in [6, 6.07) is 0. The molecule has 51 valence electrons. The van der Waals surface area contributed by atoms with Crippen LogP contribution in [0, 0.1) is 11.3 Å². The van der Waals surface area contributed by atoms with E-state index in [1.807, 2.05) is 13.8 Å². The molecule has 0 aromatic rings. The Morgan fingerprint density at radius 2 is 2.33 bits per heavy atom. The van der Waals surface area contributed by atoms with Crippen molar-refractivity contribution in [3.8, 4) is 0 Å². The van der Waals surface area contributed by atoms with Gasteiger partial charge in [0, 0.05) is 0 Å². The van der Waals surface area contributed by atoms with E-state index in [0.29, 0.717) is 5.92 Å². The van der Waals surface area contributed by atoms with Crippen molar-refractivity contribution >= 4 is 5.91 Å². The first kappa shape index (κ1) is 6.59. The minimum atomic E-state index is -0.363. The van der Waals surface area contributed by atoms with Crippen LogP contribution in [0.4, 0.5) is 0 Å². The highest BCUT2D eigenvalue weighted by Gasteiger charge is 2.54. The molecule has 0 aromatic heterocycles. The Labute approximate surface area is 55.4 Å². The van der Waals surface area contributed by atoms with Crippen molar-refractivity contribution in [2.75, 3.05) is 0 Å². The molecule has 2 heteroatoms. The summed E-state index contributed by atoms with van der Waals surface area (Å²) in [5.74, 6) is 0.102. The number of carbonyl (C=O) groups excluding carboxylic acids is 1. The maximum atomic E-state index is 10.6. The Morgan fingerprint density at radius 1 is 1.89 bits per heavy atom. The molecular weight excluding hydrogens is 114 g/mol. The predicted octanol–water partition coefficient (Wildman–Crippen LogP) is 1.23. The third kappa shape index (κ3) is 0.732. The van der Waals surface area contributed by atoms with E-state index >= 15 is 0 Å². The first-order valence-electron chi connectivity index (χ1n) is 3.39. The van der Waals surface area contributed by atoms with Crippen molar-refractivity contribution in [3.63, 3.8) is 0 Å². The van der Waals surface area contributed by atoms with Gasteiger partial charge in [0.2, 0.25) is 5.91 Å².